The highest BCUT2D eigenvalue weighted by atomic mass is 79.9. The Morgan fingerprint density at radius 1 is 1.54 bits per heavy atom. The fraction of sp³-hybridized carbons (Fsp3) is 0. The van der Waals surface area contributed by atoms with E-state index in [0.29, 0.717) is 11.0 Å². The van der Waals surface area contributed by atoms with Crippen molar-refractivity contribution in [2.45, 2.75) is 0 Å². The molecule has 2 rings (SSSR count). The van der Waals surface area contributed by atoms with Gasteiger partial charge in [0.1, 0.15) is 11.7 Å². The van der Waals surface area contributed by atoms with Crippen LogP contribution in [-0.2, 0) is 0 Å². The van der Waals surface area contributed by atoms with Crippen LogP contribution in [0.4, 0.5) is 0 Å². The number of nitriles is 1. The lowest BCUT2D eigenvalue weighted by atomic mass is 10.3. The molecule has 0 fully saturated rings. The predicted molar refractivity (Wildman–Crippen MR) is 51.3 cm³/mol. The molecule has 13 heavy (non-hydrogen) atoms. The summed E-state index contributed by atoms with van der Waals surface area (Å²) in [5.74, 6) is 0. The average Bonchev–Trinajstić information content (AvgIpc) is 2.46. The zero-order chi connectivity index (χ0) is 9.42. The van der Waals surface area contributed by atoms with E-state index in [1.807, 2.05) is 6.07 Å². The highest BCUT2D eigenvalue weighted by Gasteiger charge is 2.10. The Morgan fingerprint density at radius 3 is 3.00 bits per heavy atom. The molecule has 6 heteroatoms. The van der Waals surface area contributed by atoms with Gasteiger partial charge in [0.2, 0.25) is 5.28 Å². The molecule has 0 aliphatic carbocycles. The third kappa shape index (κ3) is 1.28. The Labute approximate surface area is 86.7 Å². The van der Waals surface area contributed by atoms with Crippen molar-refractivity contribution in [1.82, 2.24) is 15.0 Å². The van der Waals surface area contributed by atoms with Gasteiger partial charge in [-0.05, 0) is 27.5 Å². The lowest BCUT2D eigenvalue weighted by Gasteiger charge is -1.93. The summed E-state index contributed by atoms with van der Waals surface area (Å²) in [7, 11) is 0. The summed E-state index contributed by atoms with van der Waals surface area (Å²) in [6.07, 6.45) is 1.69. The summed E-state index contributed by atoms with van der Waals surface area (Å²) >= 11 is 8.88. The van der Waals surface area contributed by atoms with Crippen LogP contribution in [0, 0.1) is 11.3 Å². The Kier molecular flexibility index (Phi) is 1.94. The quantitative estimate of drug-likeness (QED) is 0.736. The van der Waals surface area contributed by atoms with Gasteiger partial charge >= 0.3 is 0 Å². The molecule has 64 valence electrons. The van der Waals surface area contributed by atoms with Gasteiger partial charge in [-0.15, -0.1) is 0 Å². The standard InChI is InChI=1S/C7H2BrClN4/c8-3-2-11-6-5(3)4(1-10)12-7(9)13-6/h2H,(H,11,12,13). The minimum absolute atomic E-state index is 0.0680. The Bertz CT molecular complexity index is 513. The van der Waals surface area contributed by atoms with Crippen LogP contribution >= 0.6 is 27.5 Å². The summed E-state index contributed by atoms with van der Waals surface area (Å²) in [6.45, 7) is 0. The van der Waals surface area contributed by atoms with E-state index < -0.39 is 0 Å². The fourth-order valence-electron chi connectivity index (χ4n) is 1.05. The van der Waals surface area contributed by atoms with Gasteiger partial charge in [-0.2, -0.15) is 10.2 Å². The minimum atomic E-state index is 0.0680. The van der Waals surface area contributed by atoms with Gasteiger partial charge in [0.05, 0.1) is 5.39 Å². The van der Waals surface area contributed by atoms with Crippen LogP contribution in [-0.4, -0.2) is 15.0 Å². The number of rotatable bonds is 0. The summed E-state index contributed by atoms with van der Waals surface area (Å²) in [5.41, 5.74) is 0.826. The van der Waals surface area contributed by atoms with Gasteiger partial charge < -0.3 is 4.98 Å². The number of nitrogens with zero attached hydrogens (tertiary/aromatic N) is 3. The number of aromatic amines is 1. The second-order valence-corrected chi connectivity index (χ2v) is 3.51. The van der Waals surface area contributed by atoms with Crippen molar-refractivity contribution in [3.63, 3.8) is 0 Å². The van der Waals surface area contributed by atoms with E-state index in [1.165, 1.54) is 0 Å². The number of H-pyrrole nitrogens is 1. The van der Waals surface area contributed by atoms with Crippen LogP contribution in [0.3, 0.4) is 0 Å². The molecule has 0 aromatic carbocycles. The first kappa shape index (κ1) is 8.48. The molecule has 0 aliphatic heterocycles. The summed E-state index contributed by atoms with van der Waals surface area (Å²) in [6, 6.07) is 1.95. The molecule has 0 amide bonds. The molecule has 2 aromatic rings. The molecule has 0 saturated heterocycles. The van der Waals surface area contributed by atoms with Crippen LogP contribution in [0.2, 0.25) is 5.28 Å². The molecule has 0 atom stereocenters. The molecule has 0 radical (unpaired) electrons. The largest absolute Gasteiger partial charge is 0.345 e. The maximum Gasteiger partial charge on any atom is 0.225 e. The molecule has 0 unspecified atom stereocenters. The predicted octanol–water partition coefficient (Wildman–Crippen LogP) is 2.25. The van der Waals surface area contributed by atoms with Gasteiger partial charge in [-0.25, -0.2) is 4.98 Å². The lowest BCUT2D eigenvalue weighted by molar-refractivity contribution is 1.17. The number of halogens is 2. The third-order valence-electron chi connectivity index (χ3n) is 1.56. The van der Waals surface area contributed by atoms with Gasteiger partial charge in [0.25, 0.3) is 0 Å². The number of hydrogen-bond acceptors (Lipinski definition) is 3. The van der Waals surface area contributed by atoms with E-state index >= 15 is 0 Å². The van der Waals surface area contributed by atoms with Crippen LogP contribution in [0.25, 0.3) is 11.0 Å². The number of hydrogen-bond donors (Lipinski definition) is 1. The number of aromatic nitrogens is 3. The van der Waals surface area contributed by atoms with E-state index in [1.54, 1.807) is 6.20 Å². The van der Waals surface area contributed by atoms with Crippen LogP contribution < -0.4 is 0 Å². The first-order chi connectivity index (χ1) is 6.22. The van der Waals surface area contributed by atoms with Crippen molar-refractivity contribution < 1.29 is 0 Å². The molecular formula is C7H2BrClN4. The Hall–Kier alpha value is -1.12. The zero-order valence-electron chi connectivity index (χ0n) is 6.17. The van der Waals surface area contributed by atoms with E-state index in [0.717, 1.165) is 4.47 Å². The lowest BCUT2D eigenvalue weighted by Crippen LogP contribution is -1.89. The van der Waals surface area contributed by atoms with Gasteiger partial charge in [0.15, 0.2) is 5.69 Å². The van der Waals surface area contributed by atoms with Gasteiger partial charge in [0, 0.05) is 10.7 Å². The van der Waals surface area contributed by atoms with Crippen molar-refractivity contribution in [2.24, 2.45) is 0 Å². The van der Waals surface area contributed by atoms with Crippen molar-refractivity contribution in [1.29, 1.82) is 5.26 Å². The first-order valence-corrected chi connectivity index (χ1v) is 4.49. The molecule has 2 aromatic heterocycles. The smallest absolute Gasteiger partial charge is 0.225 e. The van der Waals surface area contributed by atoms with E-state index in [9.17, 15) is 0 Å². The van der Waals surface area contributed by atoms with Crippen molar-refractivity contribution in [3.05, 3.63) is 21.6 Å². The molecule has 0 saturated carbocycles. The zero-order valence-corrected chi connectivity index (χ0v) is 8.52. The van der Waals surface area contributed by atoms with Gasteiger partial charge in [-0.1, -0.05) is 0 Å². The third-order valence-corrected chi connectivity index (χ3v) is 2.36. The molecule has 1 N–H and O–H groups in total. The van der Waals surface area contributed by atoms with Gasteiger partial charge in [-0.3, -0.25) is 0 Å². The van der Waals surface area contributed by atoms with Crippen LogP contribution in [0.1, 0.15) is 5.69 Å². The highest BCUT2D eigenvalue weighted by Crippen LogP contribution is 2.25. The molecule has 0 aliphatic rings. The molecule has 4 nitrogen and oxygen atoms in total. The minimum Gasteiger partial charge on any atom is -0.345 e. The molecule has 0 bridgehead atoms. The van der Waals surface area contributed by atoms with E-state index in [-0.39, 0.29) is 11.0 Å². The summed E-state index contributed by atoms with van der Waals surface area (Å²) in [4.78, 5) is 10.6. The maximum atomic E-state index is 8.77. The topological polar surface area (TPSA) is 65.4 Å². The Balaban J connectivity index is 2.95. The van der Waals surface area contributed by atoms with Crippen molar-refractivity contribution in [3.8, 4) is 6.07 Å². The number of nitrogens with one attached hydrogen (secondary N) is 1. The van der Waals surface area contributed by atoms with Crippen molar-refractivity contribution >= 4 is 38.6 Å². The monoisotopic (exact) mass is 256 g/mol. The fourth-order valence-corrected chi connectivity index (χ4v) is 1.71. The molecule has 0 spiro atoms. The van der Waals surface area contributed by atoms with Crippen LogP contribution in [0.15, 0.2) is 10.7 Å². The van der Waals surface area contributed by atoms with E-state index in [4.69, 9.17) is 16.9 Å². The van der Waals surface area contributed by atoms with Crippen molar-refractivity contribution in [2.75, 3.05) is 0 Å². The van der Waals surface area contributed by atoms with E-state index in [2.05, 4.69) is 30.9 Å². The highest BCUT2D eigenvalue weighted by molar-refractivity contribution is 9.10. The summed E-state index contributed by atoms with van der Waals surface area (Å²) < 4.78 is 0.760. The summed E-state index contributed by atoms with van der Waals surface area (Å²) in [5, 5.41) is 9.50. The Morgan fingerprint density at radius 2 is 2.31 bits per heavy atom. The SMILES string of the molecule is N#Cc1nc(Cl)nc2[nH]cc(Br)c12. The first-order valence-electron chi connectivity index (χ1n) is 3.32. The van der Waals surface area contributed by atoms with Crippen LogP contribution in [0.5, 0.6) is 0 Å². The maximum absolute atomic E-state index is 8.77. The second kappa shape index (κ2) is 2.98. The molecular weight excluding hydrogens is 255 g/mol. The normalized spacial score (nSPS) is 10.2. The second-order valence-electron chi connectivity index (χ2n) is 2.31. The number of fused-ring (bicyclic) bond motifs is 1. The average molecular weight is 257 g/mol. The molecule has 2 heterocycles.